The molecule has 1 aromatic heterocycles. The molecule has 7 nitrogen and oxygen atoms in total. The predicted molar refractivity (Wildman–Crippen MR) is 85.8 cm³/mol. The number of hydrogen-bond donors (Lipinski definition) is 2. The first-order valence-corrected chi connectivity index (χ1v) is 8.32. The van der Waals surface area contributed by atoms with Crippen molar-refractivity contribution in [3.63, 3.8) is 0 Å². The van der Waals surface area contributed by atoms with E-state index in [-0.39, 0.29) is 35.4 Å². The summed E-state index contributed by atoms with van der Waals surface area (Å²) in [4.78, 5) is 23.4. The number of carbonyl (C=O) groups excluding carboxylic acids is 2. The van der Waals surface area contributed by atoms with Gasteiger partial charge in [-0.15, -0.1) is 10.2 Å². The number of nitrogens with zero attached hydrogens (tertiary/aromatic N) is 2. The van der Waals surface area contributed by atoms with Crippen LogP contribution in [0.2, 0.25) is 0 Å². The fourth-order valence-electron chi connectivity index (χ4n) is 1.82. The van der Waals surface area contributed by atoms with E-state index in [9.17, 15) is 18.4 Å². The van der Waals surface area contributed by atoms with Gasteiger partial charge in [-0.05, 0) is 26.0 Å². The molecule has 25 heavy (non-hydrogen) atoms. The summed E-state index contributed by atoms with van der Waals surface area (Å²) < 4.78 is 32.3. The van der Waals surface area contributed by atoms with Crippen LogP contribution in [0, 0.1) is 11.6 Å². The third kappa shape index (κ3) is 5.52. The lowest BCUT2D eigenvalue weighted by Gasteiger charge is -2.06. The largest absolute Gasteiger partial charge is 0.414 e. The van der Waals surface area contributed by atoms with Gasteiger partial charge in [-0.25, -0.2) is 8.78 Å². The van der Waals surface area contributed by atoms with Gasteiger partial charge in [0.25, 0.3) is 11.1 Å². The van der Waals surface area contributed by atoms with Crippen LogP contribution in [0.4, 0.5) is 8.78 Å². The van der Waals surface area contributed by atoms with Gasteiger partial charge in [0.1, 0.15) is 17.2 Å². The Labute approximate surface area is 146 Å². The maximum absolute atomic E-state index is 13.5. The minimum atomic E-state index is -0.963. The molecule has 0 saturated heterocycles. The van der Waals surface area contributed by atoms with Crippen molar-refractivity contribution < 1.29 is 22.8 Å². The van der Waals surface area contributed by atoms with Crippen LogP contribution in [-0.4, -0.2) is 33.8 Å². The van der Waals surface area contributed by atoms with Gasteiger partial charge in [0.2, 0.25) is 11.8 Å². The second-order valence-electron chi connectivity index (χ2n) is 5.25. The van der Waals surface area contributed by atoms with E-state index >= 15 is 0 Å². The van der Waals surface area contributed by atoms with Crippen molar-refractivity contribution in [2.24, 2.45) is 0 Å². The monoisotopic (exact) mass is 370 g/mol. The first-order chi connectivity index (χ1) is 11.9. The van der Waals surface area contributed by atoms with Crippen LogP contribution < -0.4 is 10.6 Å². The molecule has 0 unspecified atom stereocenters. The molecule has 0 bridgehead atoms. The average Bonchev–Trinajstić information content (AvgIpc) is 2.98. The van der Waals surface area contributed by atoms with E-state index < -0.39 is 23.1 Å². The predicted octanol–water partition coefficient (Wildman–Crippen LogP) is 1.89. The molecule has 2 N–H and O–H groups in total. The molecule has 0 fully saturated rings. The van der Waals surface area contributed by atoms with Crippen LogP contribution in [0.25, 0.3) is 0 Å². The van der Waals surface area contributed by atoms with Crippen molar-refractivity contribution in [2.45, 2.75) is 31.7 Å². The molecule has 0 spiro atoms. The molecule has 2 amide bonds. The molecule has 2 rings (SSSR count). The molecule has 0 saturated carbocycles. The van der Waals surface area contributed by atoms with Crippen molar-refractivity contribution in [2.75, 3.05) is 5.75 Å². The van der Waals surface area contributed by atoms with E-state index in [1.165, 1.54) is 6.07 Å². The molecular weight excluding hydrogens is 354 g/mol. The maximum Gasteiger partial charge on any atom is 0.277 e. The Morgan fingerprint density at radius 1 is 1.24 bits per heavy atom. The summed E-state index contributed by atoms with van der Waals surface area (Å²) in [5, 5.41) is 12.6. The summed E-state index contributed by atoms with van der Waals surface area (Å²) >= 11 is 1.04. The Bertz CT molecular complexity index is 747. The van der Waals surface area contributed by atoms with E-state index in [2.05, 4.69) is 20.8 Å². The van der Waals surface area contributed by atoms with Crippen LogP contribution in [0.5, 0.6) is 0 Å². The molecule has 0 aliphatic heterocycles. The van der Waals surface area contributed by atoms with Gasteiger partial charge in [-0.3, -0.25) is 9.59 Å². The summed E-state index contributed by atoms with van der Waals surface area (Å²) in [7, 11) is 0. The number of aromatic nitrogens is 2. The van der Waals surface area contributed by atoms with Crippen LogP contribution in [-0.2, 0) is 11.3 Å². The first-order valence-electron chi connectivity index (χ1n) is 7.33. The van der Waals surface area contributed by atoms with Gasteiger partial charge in [-0.1, -0.05) is 17.8 Å². The zero-order valence-electron chi connectivity index (χ0n) is 13.5. The summed E-state index contributed by atoms with van der Waals surface area (Å²) in [6, 6.07) is 3.17. The number of rotatable bonds is 7. The molecule has 1 heterocycles. The maximum atomic E-state index is 13.5. The number of hydrogen-bond acceptors (Lipinski definition) is 6. The molecule has 0 aliphatic carbocycles. The fourth-order valence-corrected chi connectivity index (χ4v) is 2.41. The molecule has 0 aliphatic rings. The normalized spacial score (nSPS) is 10.8. The van der Waals surface area contributed by atoms with Gasteiger partial charge in [-0.2, -0.15) is 0 Å². The molecule has 2 aromatic rings. The Morgan fingerprint density at radius 2 is 1.92 bits per heavy atom. The van der Waals surface area contributed by atoms with Crippen molar-refractivity contribution >= 4 is 23.6 Å². The Hall–Kier alpha value is -2.49. The van der Waals surface area contributed by atoms with Crippen LogP contribution in [0.3, 0.4) is 0 Å². The fraction of sp³-hybridized carbons (Fsp3) is 0.333. The summed E-state index contributed by atoms with van der Waals surface area (Å²) in [5.74, 6) is -2.88. The number of carbonyl (C=O) groups is 2. The Balaban J connectivity index is 1.87. The number of amides is 2. The van der Waals surface area contributed by atoms with Crippen LogP contribution >= 0.6 is 11.8 Å². The molecule has 134 valence electrons. The van der Waals surface area contributed by atoms with Crippen LogP contribution in [0.1, 0.15) is 30.1 Å². The first kappa shape index (κ1) is 18.8. The lowest BCUT2D eigenvalue weighted by Crippen LogP contribution is -2.31. The zero-order chi connectivity index (χ0) is 18.4. The van der Waals surface area contributed by atoms with Gasteiger partial charge in [0.15, 0.2) is 0 Å². The Morgan fingerprint density at radius 3 is 2.56 bits per heavy atom. The van der Waals surface area contributed by atoms with E-state index in [1.54, 1.807) is 0 Å². The second-order valence-corrected chi connectivity index (χ2v) is 6.18. The molecule has 0 radical (unpaired) electrons. The van der Waals surface area contributed by atoms with E-state index in [1.807, 2.05) is 13.8 Å². The van der Waals surface area contributed by atoms with E-state index in [0.29, 0.717) is 0 Å². The van der Waals surface area contributed by atoms with Crippen molar-refractivity contribution in [3.05, 3.63) is 41.3 Å². The van der Waals surface area contributed by atoms with E-state index in [0.717, 1.165) is 23.9 Å². The summed E-state index contributed by atoms with van der Waals surface area (Å²) in [5.41, 5.74) is -0.679. The highest BCUT2D eigenvalue weighted by Gasteiger charge is 2.18. The smallest absolute Gasteiger partial charge is 0.277 e. The summed E-state index contributed by atoms with van der Waals surface area (Å²) in [6.45, 7) is 3.49. The van der Waals surface area contributed by atoms with Gasteiger partial charge < -0.3 is 15.1 Å². The van der Waals surface area contributed by atoms with E-state index in [4.69, 9.17) is 4.42 Å². The third-order valence-corrected chi connectivity index (χ3v) is 3.63. The van der Waals surface area contributed by atoms with Gasteiger partial charge >= 0.3 is 0 Å². The minimum absolute atomic E-state index is 0.0281. The highest BCUT2D eigenvalue weighted by molar-refractivity contribution is 7.99. The highest BCUT2D eigenvalue weighted by atomic mass is 32.2. The lowest BCUT2D eigenvalue weighted by atomic mass is 10.2. The lowest BCUT2D eigenvalue weighted by molar-refractivity contribution is -0.119. The van der Waals surface area contributed by atoms with Crippen molar-refractivity contribution in [3.8, 4) is 0 Å². The number of nitrogens with one attached hydrogen (secondary N) is 2. The van der Waals surface area contributed by atoms with Gasteiger partial charge in [0, 0.05) is 6.04 Å². The molecule has 0 atom stereocenters. The Kier molecular flexibility index (Phi) is 6.45. The van der Waals surface area contributed by atoms with Crippen molar-refractivity contribution in [1.82, 2.24) is 20.8 Å². The van der Waals surface area contributed by atoms with Crippen molar-refractivity contribution in [1.29, 1.82) is 0 Å². The standard InChI is InChI=1S/C15H16F2N4O3S/c1-8(2)19-11(22)7-25-15-21-20-12(24-15)6-18-14(23)13-9(16)4-3-5-10(13)17/h3-5,8H,6-7H2,1-2H3,(H,18,23)(H,19,22). The molecular formula is C15H16F2N4O3S. The SMILES string of the molecule is CC(C)NC(=O)CSc1nnc(CNC(=O)c2c(F)cccc2F)o1. The summed E-state index contributed by atoms with van der Waals surface area (Å²) in [6.07, 6.45) is 0. The number of thioether (sulfide) groups is 1. The molecule has 1 aromatic carbocycles. The highest BCUT2D eigenvalue weighted by Crippen LogP contribution is 2.16. The average molecular weight is 370 g/mol. The number of benzene rings is 1. The topological polar surface area (TPSA) is 97.1 Å². The van der Waals surface area contributed by atoms with Gasteiger partial charge in [0.05, 0.1) is 12.3 Å². The quantitative estimate of drug-likeness (QED) is 0.723. The molecule has 10 heteroatoms. The minimum Gasteiger partial charge on any atom is -0.414 e. The number of halogens is 2. The third-order valence-electron chi connectivity index (χ3n) is 2.81. The van der Waals surface area contributed by atoms with Crippen LogP contribution in [0.15, 0.2) is 27.8 Å². The second kappa shape index (κ2) is 8.56. The zero-order valence-corrected chi connectivity index (χ0v) is 14.3.